The van der Waals surface area contributed by atoms with Crippen LogP contribution in [0.4, 0.5) is 0 Å². The summed E-state index contributed by atoms with van der Waals surface area (Å²) in [5.74, 6) is 0. The van der Waals surface area contributed by atoms with Gasteiger partial charge in [-0.15, -0.1) is 0 Å². The molecule has 1 rings (SSSR count). The van der Waals surface area contributed by atoms with Crippen LogP contribution < -0.4 is 4.78 Å². The third-order valence-corrected chi connectivity index (χ3v) is 1.66. The molecule has 0 aliphatic heterocycles. The molecule has 1 heterocycles. The van der Waals surface area contributed by atoms with Crippen LogP contribution in [0.2, 0.25) is 0 Å². The molecule has 0 amide bonds. The topological polar surface area (TPSA) is 40.5 Å². The third-order valence-electron chi connectivity index (χ3n) is 0.818. The molecule has 0 fully saturated rings. The quantitative estimate of drug-likeness (QED) is 0.537. The number of thiophene rings is 1. The van der Waals surface area contributed by atoms with Crippen LogP contribution in [0.1, 0.15) is 12.4 Å². The highest BCUT2D eigenvalue weighted by molar-refractivity contribution is 7.20. The van der Waals surface area contributed by atoms with E-state index in [1.165, 1.54) is 0 Å². The Labute approximate surface area is 64.9 Å². The lowest BCUT2D eigenvalue weighted by atomic mass is 9.87. The Morgan fingerprint density at radius 3 is 3.11 bits per heavy atom. The Morgan fingerprint density at radius 2 is 2.67 bits per heavy atom. The molecule has 0 saturated carbocycles. The lowest BCUT2D eigenvalue weighted by Crippen LogP contribution is -2.28. The van der Waals surface area contributed by atoms with Gasteiger partial charge in [-0.05, 0) is 23.8 Å². The number of hydrogen-bond acceptors (Lipinski definition) is 3. The molecule has 1 aromatic rings. The SMILES string of the molecule is [2H]c1sc(B(O)O)c(C([2H])([2H])[2H])c1[2H]. The minimum Gasteiger partial charge on any atom is -0.423 e. The zero-order valence-corrected chi connectivity index (χ0v) is 5.20. The minimum absolute atomic E-state index is 0.250. The van der Waals surface area contributed by atoms with Crippen molar-refractivity contribution < 1.29 is 16.9 Å². The van der Waals surface area contributed by atoms with E-state index in [1.807, 2.05) is 0 Å². The van der Waals surface area contributed by atoms with Gasteiger partial charge in [-0.2, -0.15) is 11.3 Å². The van der Waals surface area contributed by atoms with Crippen molar-refractivity contribution >= 4 is 23.2 Å². The standard InChI is InChI=1S/C5H7BO2S/c1-4-2-3-9-5(4)6(7)8/h2-3,7-8H,1H3/i1D3,2D,3D. The second kappa shape index (κ2) is 2.52. The first-order valence-electron chi connectivity index (χ1n) is 4.71. The van der Waals surface area contributed by atoms with Crippen LogP contribution in [0.5, 0.6) is 0 Å². The monoisotopic (exact) mass is 147 g/mol. The summed E-state index contributed by atoms with van der Waals surface area (Å²) in [5, 5.41) is 17.4. The highest BCUT2D eigenvalue weighted by atomic mass is 32.1. The van der Waals surface area contributed by atoms with Crippen molar-refractivity contribution in [3.63, 3.8) is 0 Å². The van der Waals surface area contributed by atoms with Gasteiger partial charge in [0.15, 0.2) is 0 Å². The Balaban J connectivity index is 3.38. The predicted molar refractivity (Wildman–Crippen MR) is 38.9 cm³/mol. The maximum Gasteiger partial charge on any atom is 0.499 e. The highest BCUT2D eigenvalue weighted by Crippen LogP contribution is 2.00. The summed E-state index contributed by atoms with van der Waals surface area (Å²) in [6, 6.07) is -0.460. The van der Waals surface area contributed by atoms with E-state index >= 15 is 0 Å². The summed E-state index contributed by atoms with van der Waals surface area (Å²) >= 11 is 0.595. The van der Waals surface area contributed by atoms with E-state index in [4.69, 9.17) is 16.9 Å². The van der Waals surface area contributed by atoms with Crippen LogP contribution in [-0.2, 0) is 0 Å². The fourth-order valence-corrected chi connectivity index (χ4v) is 0.948. The Morgan fingerprint density at radius 1 is 1.89 bits per heavy atom. The van der Waals surface area contributed by atoms with Gasteiger partial charge < -0.3 is 10.0 Å². The summed E-state index contributed by atoms with van der Waals surface area (Å²) in [5.41, 5.74) is -0.442. The van der Waals surface area contributed by atoms with Crippen LogP contribution in [0.25, 0.3) is 0 Å². The zero-order chi connectivity index (χ0) is 11.1. The molecule has 48 valence electrons. The van der Waals surface area contributed by atoms with Gasteiger partial charge in [0, 0.05) is 8.89 Å². The molecule has 0 radical (unpaired) electrons. The van der Waals surface area contributed by atoms with Gasteiger partial charge in [0.25, 0.3) is 0 Å². The fraction of sp³-hybridized carbons (Fsp3) is 0.200. The van der Waals surface area contributed by atoms with Gasteiger partial charge in [0.05, 0.1) is 2.74 Å². The fourth-order valence-electron chi connectivity index (χ4n) is 0.426. The second-order valence-electron chi connectivity index (χ2n) is 1.44. The first-order chi connectivity index (χ1) is 6.25. The molecule has 0 aliphatic rings. The molecule has 0 aromatic carbocycles. The maximum atomic E-state index is 8.85. The molecule has 2 N–H and O–H groups in total. The molecule has 0 atom stereocenters. The molecule has 0 bridgehead atoms. The van der Waals surface area contributed by atoms with Gasteiger partial charge in [0.2, 0.25) is 0 Å². The van der Waals surface area contributed by atoms with Gasteiger partial charge in [-0.25, -0.2) is 0 Å². The highest BCUT2D eigenvalue weighted by Gasteiger charge is 2.14. The van der Waals surface area contributed by atoms with E-state index in [0.29, 0.717) is 11.3 Å². The van der Waals surface area contributed by atoms with E-state index in [-0.39, 0.29) is 10.1 Å². The maximum absolute atomic E-state index is 8.85. The van der Waals surface area contributed by atoms with Crippen LogP contribution >= 0.6 is 11.3 Å². The molecule has 0 aliphatic carbocycles. The minimum atomic E-state index is -2.59. The molecule has 2 nitrogen and oxygen atoms in total. The largest absolute Gasteiger partial charge is 0.499 e. The van der Waals surface area contributed by atoms with Crippen molar-refractivity contribution in [1.29, 1.82) is 0 Å². The van der Waals surface area contributed by atoms with Crippen molar-refractivity contribution in [2.75, 3.05) is 0 Å². The lowest BCUT2D eigenvalue weighted by Gasteiger charge is -1.92. The molecule has 0 unspecified atom stereocenters. The van der Waals surface area contributed by atoms with Crippen LogP contribution in [0, 0.1) is 6.85 Å². The van der Waals surface area contributed by atoms with Gasteiger partial charge in [-0.3, -0.25) is 0 Å². The summed E-state index contributed by atoms with van der Waals surface area (Å²) in [4.78, 5) is 0. The van der Waals surface area contributed by atoms with E-state index in [9.17, 15) is 0 Å². The smallest absolute Gasteiger partial charge is 0.423 e. The van der Waals surface area contributed by atoms with Crippen molar-refractivity contribution in [1.82, 2.24) is 0 Å². The van der Waals surface area contributed by atoms with Crippen molar-refractivity contribution in [2.45, 2.75) is 6.85 Å². The summed E-state index contributed by atoms with van der Waals surface area (Å²) in [6.07, 6.45) is 0. The normalized spacial score (nSPS) is 19.1. The van der Waals surface area contributed by atoms with Gasteiger partial charge in [0.1, 0.15) is 0 Å². The molecular formula is C5H7BO2S. The van der Waals surface area contributed by atoms with E-state index in [1.54, 1.807) is 0 Å². The van der Waals surface area contributed by atoms with Gasteiger partial charge >= 0.3 is 7.12 Å². The summed E-state index contributed by atoms with van der Waals surface area (Å²) in [6.45, 7) is -2.59. The second-order valence-corrected chi connectivity index (χ2v) is 2.29. The molecule has 4 heteroatoms. The van der Waals surface area contributed by atoms with Crippen molar-refractivity contribution in [3.05, 3.63) is 17.0 Å². The van der Waals surface area contributed by atoms with Crippen LogP contribution in [0.3, 0.4) is 0 Å². The Kier molecular flexibility index (Phi) is 0.765. The molecule has 9 heavy (non-hydrogen) atoms. The molecular weight excluding hydrogens is 135 g/mol. The van der Waals surface area contributed by atoms with E-state index in [0.717, 1.165) is 0 Å². The van der Waals surface area contributed by atoms with E-state index < -0.39 is 25.6 Å². The van der Waals surface area contributed by atoms with E-state index in [2.05, 4.69) is 0 Å². The lowest BCUT2D eigenvalue weighted by molar-refractivity contribution is 0.426. The molecule has 0 spiro atoms. The summed E-state index contributed by atoms with van der Waals surface area (Å²) < 4.78 is 35.5. The van der Waals surface area contributed by atoms with Crippen LogP contribution in [-0.4, -0.2) is 17.2 Å². The van der Waals surface area contributed by atoms with Gasteiger partial charge in [-0.1, -0.05) is 0 Å². The molecule has 0 saturated heterocycles. The van der Waals surface area contributed by atoms with Crippen molar-refractivity contribution in [3.8, 4) is 0 Å². The Hall–Kier alpha value is -0.315. The predicted octanol–water partition coefficient (Wildman–Crippen LogP) is -0.264. The molecule has 1 aromatic heterocycles. The van der Waals surface area contributed by atoms with Crippen molar-refractivity contribution in [2.24, 2.45) is 0 Å². The third kappa shape index (κ3) is 1.33. The first kappa shape index (κ1) is 2.74. The number of rotatable bonds is 1. The summed E-state index contributed by atoms with van der Waals surface area (Å²) in [7, 11) is -1.95. The average molecular weight is 147 g/mol. The average Bonchev–Trinajstić information content (AvgIpc) is 2.27. The Bertz CT molecular complexity index is 347. The zero-order valence-electron chi connectivity index (χ0n) is 9.38. The number of hydrogen-bond donors (Lipinski definition) is 2. The van der Waals surface area contributed by atoms with Crippen LogP contribution in [0.15, 0.2) is 11.4 Å². The first-order valence-corrected chi connectivity index (χ1v) is 3.03.